The van der Waals surface area contributed by atoms with Crippen LogP contribution in [-0.4, -0.2) is 11.8 Å². The summed E-state index contributed by atoms with van der Waals surface area (Å²) in [4.78, 5) is 25.9. The van der Waals surface area contributed by atoms with Gasteiger partial charge in [0.05, 0.1) is 26.3 Å². The molecule has 1 aliphatic rings. The topological polar surface area (TPSA) is 63.4 Å². The fourth-order valence-corrected chi connectivity index (χ4v) is 2.81. The van der Waals surface area contributed by atoms with Crippen molar-refractivity contribution >= 4 is 50.7 Å². The highest BCUT2D eigenvalue weighted by Crippen LogP contribution is 2.38. The van der Waals surface area contributed by atoms with Crippen LogP contribution in [0, 0.1) is 0 Å². The van der Waals surface area contributed by atoms with Gasteiger partial charge in [0.25, 0.3) is 11.8 Å². The van der Waals surface area contributed by atoms with E-state index in [9.17, 15) is 9.59 Å². The molecule has 0 atom stereocenters. The minimum absolute atomic E-state index is 0.240. The number of fused-ring (bicyclic) bond motifs is 1. The van der Waals surface area contributed by atoms with Crippen molar-refractivity contribution in [3.05, 3.63) is 57.0 Å². The molecule has 3 rings (SSSR count). The summed E-state index contributed by atoms with van der Waals surface area (Å²) in [5.41, 5.74) is 7.04. The van der Waals surface area contributed by atoms with Crippen molar-refractivity contribution in [2.45, 2.75) is 0 Å². The van der Waals surface area contributed by atoms with E-state index in [4.69, 9.17) is 17.3 Å². The van der Waals surface area contributed by atoms with E-state index < -0.39 is 11.8 Å². The first-order chi connectivity index (χ1) is 9.52. The van der Waals surface area contributed by atoms with Gasteiger partial charge in [0.15, 0.2) is 0 Å². The normalized spacial score (nSPS) is 13.8. The van der Waals surface area contributed by atoms with Crippen molar-refractivity contribution in [3.8, 4) is 0 Å². The summed E-state index contributed by atoms with van der Waals surface area (Å²) in [6.45, 7) is 0. The lowest BCUT2D eigenvalue weighted by Crippen LogP contribution is -2.29. The summed E-state index contributed by atoms with van der Waals surface area (Å²) in [6.07, 6.45) is 0. The van der Waals surface area contributed by atoms with Crippen LogP contribution in [0.2, 0.25) is 5.02 Å². The maximum atomic E-state index is 12.5. The number of imide groups is 1. The highest BCUT2D eigenvalue weighted by molar-refractivity contribution is 9.10. The van der Waals surface area contributed by atoms with Crippen LogP contribution in [0.15, 0.2) is 40.9 Å². The van der Waals surface area contributed by atoms with Crippen LogP contribution in [0.4, 0.5) is 11.4 Å². The molecule has 0 bridgehead atoms. The molecule has 20 heavy (non-hydrogen) atoms. The molecule has 2 amide bonds. The maximum Gasteiger partial charge on any atom is 0.268 e. The monoisotopic (exact) mass is 350 g/mol. The summed E-state index contributed by atoms with van der Waals surface area (Å²) >= 11 is 9.31. The summed E-state index contributed by atoms with van der Waals surface area (Å²) in [6, 6.07) is 9.83. The number of rotatable bonds is 1. The molecule has 4 nitrogen and oxygen atoms in total. The lowest BCUT2D eigenvalue weighted by molar-refractivity contribution is 0.0926. The van der Waals surface area contributed by atoms with E-state index in [0.29, 0.717) is 26.4 Å². The molecule has 0 radical (unpaired) electrons. The van der Waals surface area contributed by atoms with E-state index in [2.05, 4.69) is 15.9 Å². The zero-order valence-corrected chi connectivity index (χ0v) is 12.4. The molecular weight excluding hydrogens is 344 g/mol. The molecule has 100 valence electrons. The molecule has 0 aliphatic carbocycles. The van der Waals surface area contributed by atoms with Gasteiger partial charge in [-0.3, -0.25) is 9.59 Å². The van der Waals surface area contributed by atoms with Gasteiger partial charge >= 0.3 is 0 Å². The van der Waals surface area contributed by atoms with Crippen LogP contribution in [0.3, 0.4) is 0 Å². The number of hydrogen-bond acceptors (Lipinski definition) is 3. The Morgan fingerprint density at radius 3 is 2.45 bits per heavy atom. The second-order valence-corrected chi connectivity index (χ2v) is 5.49. The van der Waals surface area contributed by atoms with Gasteiger partial charge < -0.3 is 5.73 Å². The van der Waals surface area contributed by atoms with Crippen molar-refractivity contribution in [1.29, 1.82) is 0 Å². The first kappa shape index (κ1) is 13.1. The van der Waals surface area contributed by atoms with Crippen LogP contribution >= 0.6 is 27.5 Å². The summed E-state index contributed by atoms with van der Waals surface area (Å²) in [5.74, 6) is -0.841. The van der Waals surface area contributed by atoms with Gasteiger partial charge in [0.1, 0.15) is 0 Å². The highest BCUT2D eigenvalue weighted by atomic mass is 79.9. The van der Waals surface area contributed by atoms with Crippen molar-refractivity contribution < 1.29 is 9.59 Å². The molecule has 1 heterocycles. The van der Waals surface area contributed by atoms with Gasteiger partial charge in [-0.15, -0.1) is 0 Å². The predicted octanol–water partition coefficient (Wildman–Crippen LogP) is 3.49. The average molecular weight is 352 g/mol. The molecule has 0 fully saturated rings. The smallest absolute Gasteiger partial charge is 0.268 e. The molecular formula is C14H8BrClN2O2. The molecule has 0 spiro atoms. The molecule has 2 aromatic rings. The fraction of sp³-hybridized carbons (Fsp3) is 0. The summed E-state index contributed by atoms with van der Waals surface area (Å²) in [7, 11) is 0. The van der Waals surface area contributed by atoms with Gasteiger partial charge in [0, 0.05) is 5.69 Å². The number of halogens is 2. The van der Waals surface area contributed by atoms with Crippen molar-refractivity contribution in [1.82, 2.24) is 0 Å². The van der Waals surface area contributed by atoms with E-state index in [1.807, 2.05) is 0 Å². The Morgan fingerprint density at radius 2 is 1.75 bits per heavy atom. The number of benzene rings is 2. The predicted molar refractivity (Wildman–Crippen MR) is 81.1 cm³/mol. The van der Waals surface area contributed by atoms with Crippen LogP contribution in [0.1, 0.15) is 20.7 Å². The Morgan fingerprint density at radius 1 is 1.05 bits per heavy atom. The summed E-state index contributed by atoms with van der Waals surface area (Å²) in [5, 5.41) is 0.423. The Balaban J connectivity index is 2.20. The van der Waals surface area contributed by atoms with Gasteiger partial charge in [-0.05, 0) is 40.2 Å². The number of amides is 2. The minimum Gasteiger partial charge on any atom is -0.398 e. The van der Waals surface area contributed by atoms with E-state index in [1.54, 1.807) is 36.4 Å². The second-order valence-electron chi connectivity index (χ2n) is 4.29. The molecule has 2 aromatic carbocycles. The Hall–Kier alpha value is -1.85. The molecule has 1 aliphatic heterocycles. The Kier molecular flexibility index (Phi) is 3.03. The van der Waals surface area contributed by atoms with Gasteiger partial charge in [0.2, 0.25) is 0 Å². The zero-order valence-electron chi connectivity index (χ0n) is 10.1. The molecule has 0 aromatic heterocycles. The highest BCUT2D eigenvalue weighted by Gasteiger charge is 2.39. The quantitative estimate of drug-likeness (QED) is 0.632. The van der Waals surface area contributed by atoms with E-state index in [-0.39, 0.29) is 5.56 Å². The number of hydrogen-bond donors (Lipinski definition) is 1. The molecule has 0 saturated heterocycles. The average Bonchev–Trinajstić information content (AvgIpc) is 2.67. The number of nitrogens with zero attached hydrogens (tertiary/aromatic N) is 1. The van der Waals surface area contributed by atoms with E-state index in [0.717, 1.165) is 4.90 Å². The zero-order chi connectivity index (χ0) is 14.4. The third-order valence-electron chi connectivity index (χ3n) is 3.12. The molecule has 0 unspecified atom stereocenters. The largest absolute Gasteiger partial charge is 0.398 e. The van der Waals surface area contributed by atoms with E-state index in [1.165, 1.54) is 0 Å². The Labute approximate surface area is 128 Å². The van der Waals surface area contributed by atoms with Crippen LogP contribution in [0.5, 0.6) is 0 Å². The lowest BCUT2D eigenvalue weighted by Gasteiger charge is -2.16. The lowest BCUT2D eigenvalue weighted by atomic mass is 10.1. The van der Waals surface area contributed by atoms with Gasteiger partial charge in [-0.1, -0.05) is 23.7 Å². The van der Waals surface area contributed by atoms with Gasteiger partial charge in [-0.25, -0.2) is 4.90 Å². The SMILES string of the molecule is Nc1cccc2c1C(=O)N(c1cccc(Cl)c1Br)C2=O. The Bertz CT molecular complexity index is 761. The molecule has 2 N–H and O–H groups in total. The van der Waals surface area contributed by atoms with E-state index >= 15 is 0 Å². The van der Waals surface area contributed by atoms with Crippen molar-refractivity contribution in [2.24, 2.45) is 0 Å². The number of nitrogen functional groups attached to an aromatic ring is 1. The number of carbonyl (C=O) groups excluding carboxylic acids is 2. The van der Waals surface area contributed by atoms with Gasteiger partial charge in [-0.2, -0.15) is 0 Å². The van der Waals surface area contributed by atoms with Crippen LogP contribution in [0.25, 0.3) is 0 Å². The number of anilines is 2. The van der Waals surface area contributed by atoms with Crippen molar-refractivity contribution in [3.63, 3.8) is 0 Å². The number of nitrogens with two attached hydrogens (primary N) is 1. The standard InChI is InChI=1S/C14H8BrClN2O2/c15-12-8(16)4-2-6-10(12)18-13(19)7-3-1-5-9(17)11(7)14(18)20/h1-6H,17H2. The maximum absolute atomic E-state index is 12.5. The fourth-order valence-electron chi connectivity index (χ4n) is 2.20. The number of carbonyl (C=O) groups is 2. The first-order valence-corrected chi connectivity index (χ1v) is 6.90. The minimum atomic E-state index is -0.439. The van der Waals surface area contributed by atoms with Crippen LogP contribution < -0.4 is 10.6 Å². The molecule has 6 heteroatoms. The van der Waals surface area contributed by atoms with Crippen molar-refractivity contribution in [2.75, 3.05) is 10.6 Å². The third-order valence-corrected chi connectivity index (χ3v) is 4.50. The first-order valence-electron chi connectivity index (χ1n) is 5.73. The third kappa shape index (κ3) is 1.74. The summed E-state index contributed by atoms with van der Waals surface area (Å²) < 4.78 is 0.495. The second kappa shape index (κ2) is 4.61. The van der Waals surface area contributed by atoms with Crippen LogP contribution in [-0.2, 0) is 0 Å². The molecule has 0 saturated carbocycles.